The molecule has 0 atom stereocenters. The largest absolute Gasteiger partial charge is 0.416 e. The van der Waals surface area contributed by atoms with Gasteiger partial charge in [-0.05, 0) is 47.9 Å². The first kappa shape index (κ1) is 21.5. The van der Waals surface area contributed by atoms with E-state index in [0.717, 1.165) is 23.5 Å². The molecule has 2 aromatic carbocycles. The maximum absolute atomic E-state index is 12.9. The van der Waals surface area contributed by atoms with Gasteiger partial charge in [-0.2, -0.15) is 13.2 Å². The van der Waals surface area contributed by atoms with Crippen molar-refractivity contribution in [2.45, 2.75) is 16.8 Å². The number of rotatable bonds is 4. The van der Waals surface area contributed by atoms with Crippen molar-refractivity contribution in [2.75, 3.05) is 0 Å². The molecule has 160 valence electrons. The predicted molar refractivity (Wildman–Crippen MR) is 113 cm³/mol. The Balaban J connectivity index is 1.66. The fourth-order valence-corrected chi connectivity index (χ4v) is 5.51. The third-order valence-electron chi connectivity index (χ3n) is 4.49. The number of fused-ring (bicyclic) bond motifs is 1. The monoisotopic (exact) mass is 484 g/mol. The molecule has 1 N–H and O–H groups in total. The molecule has 2 heterocycles. The number of thiazole rings is 1. The van der Waals surface area contributed by atoms with Gasteiger partial charge in [0.1, 0.15) is 10.8 Å². The second-order valence-corrected chi connectivity index (χ2v) is 10.0. The maximum atomic E-state index is 12.9. The van der Waals surface area contributed by atoms with Crippen LogP contribution < -0.4 is 5.56 Å². The first-order valence-corrected chi connectivity index (χ1v) is 11.6. The fourth-order valence-electron chi connectivity index (χ4n) is 2.96. The number of alkyl halides is 3. The zero-order chi connectivity index (χ0) is 22.4. The summed E-state index contributed by atoms with van der Waals surface area (Å²) < 4.78 is 63.8. The second kappa shape index (κ2) is 7.77. The van der Waals surface area contributed by atoms with E-state index in [-0.39, 0.29) is 32.4 Å². The van der Waals surface area contributed by atoms with Crippen LogP contribution in [-0.4, -0.2) is 18.4 Å². The van der Waals surface area contributed by atoms with Crippen molar-refractivity contribution >= 4 is 43.7 Å². The highest BCUT2D eigenvalue weighted by atomic mass is 35.5. The number of sulfone groups is 1. The zero-order valence-corrected chi connectivity index (χ0v) is 17.8. The van der Waals surface area contributed by atoms with Crippen LogP contribution in [0.25, 0.3) is 22.2 Å². The van der Waals surface area contributed by atoms with E-state index in [1.165, 1.54) is 41.8 Å². The van der Waals surface area contributed by atoms with E-state index < -0.39 is 27.1 Å². The number of benzene rings is 2. The summed E-state index contributed by atoms with van der Waals surface area (Å²) in [5.74, 6) is -0.361. The Morgan fingerprint density at radius 3 is 2.45 bits per heavy atom. The Hall–Kier alpha value is -2.69. The molecule has 4 rings (SSSR count). The first-order valence-electron chi connectivity index (χ1n) is 8.70. The van der Waals surface area contributed by atoms with E-state index in [0.29, 0.717) is 10.4 Å². The van der Waals surface area contributed by atoms with Crippen LogP contribution in [0.4, 0.5) is 13.2 Å². The van der Waals surface area contributed by atoms with E-state index in [1.807, 2.05) is 0 Å². The average molecular weight is 485 g/mol. The number of nitrogens with zero attached hydrogens (tertiary/aromatic N) is 1. The van der Waals surface area contributed by atoms with Crippen molar-refractivity contribution in [3.05, 3.63) is 79.9 Å². The van der Waals surface area contributed by atoms with Crippen molar-refractivity contribution in [1.29, 1.82) is 0 Å². The molecule has 0 bridgehead atoms. The SMILES string of the molecule is O=c1[nH]c2cc(C(F)(F)F)ccc2cc1-c1csc(CS(=O)(=O)c2ccc(Cl)cc2)n1. The van der Waals surface area contributed by atoms with Gasteiger partial charge >= 0.3 is 6.18 Å². The lowest BCUT2D eigenvalue weighted by Gasteiger charge is -2.08. The summed E-state index contributed by atoms with van der Waals surface area (Å²) >= 11 is 6.86. The summed E-state index contributed by atoms with van der Waals surface area (Å²) in [6.07, 6.45) is -4.52. The topological polar surface area (TPSA) is 79.9 Å². The molecule has 0 aliphatic heterocycles. The molecule has 0 saturated heterocycles. The Morgan fingerprint density at radius 1 is 1.06 bits per heavy atom. The molecule has 11 heteroatoms. The number of nitrogens with one attached hydrogen (secondary N) is 1. The minimum atomic E-state index is -4.52. The summed E-state index contributed by atoms with van der Waals surface area (Å²) in [6, 6.07) is 10.2. The van der Waals surface area contributed by atoms with Gasteiger partial charge in [-0.15, -0.1) is 11.3 Å². The molecule has 0 aliphatic rings. The highest BCUT2D eigenvalue weighted by molar-refractivity contribution is 7.90. The van der Waals surface area contributed by atoms with Gasteiger partial charge in [0.05, 0.1) is 21.7 Å². The van der Waals surface area contributed by atoms with Crippen LogP contribution in [0.15, 0.2) is 63.6 Å². The van der Waals surface area contributed by atoms with Gasteiger partial charge in [-0.3, -0.25) is 4.79 Å². The zero-order valence-electron chi connectivity index (χ0n) is 15.4. The van der Waals surface area contributed by atoms with Crippen molar-refractivity contribution in [1.82, 2.24) is 9.97 Å². The normalized spacial score (nSPS) is 12.4. The van der Waals surface area contributed by atoms with Crippen LogP contribution >= 0.6 is 22.9 Å². The quantitative estimate of drug-likeness (QED) is 0.426. The molecular weight excluding hydrogens is 473 g/mol. The van der Waals surface area contributed by atoms with Crippen molar-refractivity contribution < 1.29 is 21.6 Å². The number of halogens is 4. The average Bonchev–Trinajstić information content (AvgIpc) is 3.14. The molecule has 0 saturated carbocycles. The molecule has 0 radical (unpaired) electrons. The first-order chi connectivity index (χ1) is 14.5. The Kier molecular flexibility index (Phi) is 5.40. The second-order valence-electron chi connectivity index (χ2n) is 6.65. The molecule has 0 fully saturated rings. The van der Waals surface area contributed by atoms with Crippen molar-refractivity contribution in [2.24, 2.45) is 0 Å². The Morgan fingerprint density at radius 2 is 1.77 bits per heavy atom. The van der Waals surface area contributed by atoms with Crippen LogP contribution in [-0.2, 0) is 21.8 Å². The standard InChI is InChI=1S/C20H12ClF3N2O3S2/c21-13-3-5-14(6-4-13)31(28,29)10-18-25-17(9-30-18)15-7-11-1-2-12(20(22,23)24)8-16(11)26-19(15)27/h1-9H,10H2,(H,26,27). The highest BCUT2D eigenvalue weighted by Crippen LogP contribution is 2.31. The Bertz CT molecular complexity index is 1440. The van der Waals surface area contributed by atoms with Crippen LogP contribution in [0.3, 0.4) is 0 Å². The highest BCUT2D eigenvalue weighted by Gasteiger charge is 2.30. The molecule has 0 aliphatic carbocycles. The number of H-pyrrole nitrogens is 1. The molecule has 0 spiro atoms. The third-order valence-corrected chi connectivity index (χ3v) is 7.41. The van der Waals surface area contributed by atoms with E-state index in [4.69, 9.17) is 11.6 Å². The van der Waals surface area contributed by atoms with E-state index in [2.05, 4.69) is 9.97 Å². The maximum Gasteiger partial charge on any atom is 0.416 e. The molecule has 2 aromatic heterocycles. The molecule has 5 nitrogen and oxygen atoms in total. The van der Waals surface area contributed by atoms with E-state index in [1.54, 1.807) is 0 Å². The third kappa shape index (κ3) is 4.51. The summed E-state index contributed by atoms with van der Waals surface area (Å²) in [4.78, 5) is 19.2. The van der Waals surface area contributed by atoms with Gasteiger partial charge in [-0.25, -0.2) is 13.4 Å². The number of aromatic amines is 1. The van der Waals surface area contributed by atoms with Gasteiger partial charge in [0, 0.05) is 15.9 Å². The summed E-state index contributed by atoms with van der Waals surface area (Å²) in [5.41, 5.74) is -1.06. The van der Waals surface area contributed by atoms with Crippen molar-refractivity contribution in [3.63, 3.8) is 0 Å². The lowest BCUT2D eigenvalue weighted by atomic mass is 10.1. The Labute approximate surface area is 183 Å². The van der Waals surface area contributed by atoms with Crippen LogP contribution in [0.1, 0.15) is 10.6 Å². The summed E-state index contributed by atoms with van der Waals surface area (Å²) in [6.45, 7) is 0. The number of aromatic nitrogens is 2. The number of pyridine rings is 1. The van der Waals surface area contributed by atoms with Gasteiger partial charge in [0.15, 0.2) is 9.84 Å². The molecule has 0 amide bonds. The minimum absolute atomic E-state index is 0.0457. The van der Waals surface area contributed by atoms with E-state index in [9.17, 15) is 26.4 Å². The molecule has 31 heavy (non-hydrogen) atoms. The molecule has 4 aromatic rings. The summed E-state index contributed by atoms with van der Waals surface area (Å²) in [7, 11) is -3.67. The lowest BCUT2D eigenvalue weighted by Crippen LogP contribution is -2.11. The van der Waals surface area contributed by atoms with Gasteiger partial charge in [-0.1, -0.05) is 17.7 Å². The predicted octanol–water partition coefficient (Wildman–Crippen LogP) is 5.30. The molecule has 0 unspecified atom stereocenters. The smallest absolute Gasteiger partial charge is 0.321 e. The lowest BCUT2D eigenvalue weighted by molar-refractivity contribution is -0.137. The van der Waals surface area contributed by atoms with Gasteiger partial charge in [0.2, 0.25) is 0 Å². The fraction of sp³-hybridized carbons (Fsp3) is 0.100. The van der Waals surface area contributed by atoms with Gasteiger partial charge in [0.25, 0.3) is 5.56 Å². The van der Waals surface area contributed by atoms with Gasteiger partial charge < -0.3 is 4.98 Å². The van der Waals surface area contributed by atoms with E-state index >= 15 is 0 Å². The number of hydrogen-bond acceptors (Lipinski definition) is 5. The number of hydrogen-bond donors (Lipinski definition) is 1. The van der Waals surface area contributed by atoms with Crippen LogP contribution in [0.5, 0.6) is 0 Å². The molecular formula is C20H12ClF3N2O3S2. The van der Waals surface area contributed by atoms with Crippen LogP contribution in [0, 0.1) is 0 Å². The van der Waals surface area contributed by atoms with Crippen LogP contribution in [0.2, 0.25) is 5.02 Å². The summed E-state index contributed by atoms with van der Waals surface area (Å²) in [5, 5.41) is 2.61. The van der Waals surface area contributed by atoms with Crippen molar-refractivity contribution in [3.8, 4) is 11.3 Å². The minimum Gasteiger partial charge on any atom is -0.321 e.